The van der Waals surface area contributed by atoms with E-state index in [9.17, 15) is 19.5 Å². The summed E-state index contributed by atoms with van der Waals surface area (Å²) in [6, 6.07) is 12.9. The summed E-state index contributed by atoms with van der Waals surface area (Å²) in [4.78, 5) is 40.0. The van der Waals surface area contributed by atoms with Crippen molar-refractivity contribution in [2.75, 3.05) is 30.5 Å². The fourth-order valence-electron chi connectivity index (χ4n) is 6.81. The number of aliphatic hydroxyl groups is 1. The number of carbonyl (C=O) groups excluding carboxylic acids is 2. The summed E-state index contributed by atoms with van der Waals surface area (Å²) in [5.41, 5.74) is 1.48. The number of methoxy groups -OCH3 is 1. The third-order valence-corrected chi connectivity index (χ3v) is 11.0. The van der Waals surface area contributed by atoms with Gasteiger partial charge in [-0.2, -0.15) is 0 Å². The summed E-state index contributed by atoms with van der Waals surface area (Å²) in [5, 5.41) is 16.0. The summed E-state index contributed by atoms with van der Waals surface area (Å²) in [7, 11) is -1.18. The summed E-state index contributed by atoms with van der Waals surface area (Å²) < 4.78 is 12.2. The molecular weight excluding hydrogens is 514 g/mol. The second-order valence-electron chi connectivity index (χ2n) is 11.5. The van der Waals surface area contributed by atoms with Crippen LogP contribution in [0.2, 0.25) is 18.6 Å². The highest BCUT2D eigenvalue weighted by Crippen LogP contribution is 2.60. The number of benzene rings is 2. The van der Waals surface area contributed by atoms with Crippen LogP contribution in [0, 0.1) is 5.92 Å². The van der Waals surface area contributed by atoms with Crippen LogP contribution in [0.25, 0.3) is 0 Å². The Balaban J connectivity index is 1.49. The lowest BCUT2D eigenvalue weighted by Crippen LogP contribution is -2.46. The molecule has 2 aromatic rings. The van der Waals surface area contributed by atoms with E-state index in [1.807, 2.05) is 62.5 Å². The maximum atomic E-state index is 14.4. The van der Waals surface area contributed by atoms with Gasteiger partial charge in [0.05, 0.1) is 31.5 Å². The van der Waals surface area contributed by atoms with Crippen LogP contribution in [-0.2, 0) is 26.5 Å². The molecule has 210 valence electrons. The Hall–Kier alpha value is -2.76. The summed E-state index contributed by atoms with van der Waals surface area (Å²) in [6.07, 6.45) is 1.71. The van der Waals surface area contributed by atoms with E-state index in [0.717, 1.165) is 36.2 Å². The normalized spacial score (nSPS) is 28.3. The van der Waals surface area contributed by atoms with E-state index < -0.39 is 20.0 Å². The molecule has 9 nitrogen and oxygen atoms in total. The highest BCUT2D eigenvalue weighted by molar-refractivity contribution is 6.71. The lowest BCUT2D eigenvalue weighted by molar-refractivity contribution is -0.146. The van der Waals surface area contributed by atoms with Crippen LogP contribution in [0.4, 0.5) is 11.4 Å². The van der Waals surface area contributed by atoms with Gasteiger partial charge in [0.1, 0.15) is 5.75 Å². The van der Waals surface area contributed by atoms with Gasteiger partial charge in [-0.25, -0.2) is 0 Å². The van der Waals surface area contributed by atoms with Gasteiger partial charge in [-0.1, -0.05) is 19.1 Å². The van der Waals surface area contributed by atoms with Crippen molar-refractivity contribution in [3.8, 4) is 5.75 Å². The molecular formula is C29H39N3O6Si. The number of nitrogens with one attached hydrogen (secondary N) is 2. The van der Waals surface area contributed by atoms with Crippen molar-refractivity contribution in [2.45, 2.75) is 69.1 Å². The summed E-state index contributed by atoms with van der Waals surface area (Å²) in [6.45, 7) is 6.75. The molecule has 0 aromatic heterocycles. The highest BCUT2D eigenvalue weighted by Gasteiger charge is 2.66. The number of anilines is 2. The average Bonchev–Trinajstić information content (AvgIpc) is 3.59. The monoisotopic (exact) mass is 553 g/mol. The first kappa shape index (κ1) is 27.8. The number of nitrogens with zero attached hydrogens (tertiary/aromatic N) is 1. The zero-order valence-electron chi connectivity index (χ0n) is 23.1. The van der Waals surface area contributed by atoms with Crippen LogP contribution in [0.5, 0.6) is 5.75 Å². The van der Waals surface area contributed by atoms with Gasteiger partial charge in [0.25, 0.3) is 5.91 Å². The Morgan fingerprint density at radius 2 is 2.08 bits per heavy atom. The van der Waals surface area contributed by atoms with Crippen molar-refractivity contribution in [2.24, 2.45) is 5.92 Å². The Morgan fingerprint density at radius 1 is 1.28 bits per heavy atom. The smallest absolute Gasteiger partial charge is 0.264 e. The minimum atomic E-state index is -2.77. The van der Waals surface area contributed by atoms with E-state index in [2.05, 4.69) is 10.6 Å². The van der Waals surface area contributed by atoms with Gasteiger partial charge in [-0.3, -0.25) is 9.59 Å². The van der Waals surface area contributed by atoms with Crippen molar-refractivity contribution in [1.29, 1.82) is 0 Å². The molecule has 3 heterocycles. The molecule has 3 aliphatic rings. The highest BCUT2D eigenvalue weighted by atomic mass is 28.4. The molecule has 5 rings (SSSR count). The molecule has 2 fully saturated rings. The van der Waals surface area contributed by atoms with Crippen molar-refractivity contribution in [1.82, 2.24) is 5.32 Å². The maximum absolute atomic E-state index is 14.4. The second-order valence-corrected chi connectivity index (χ2v) is 15.5. The van der Waals surface area contributed by atoms with E-state index in [1.54, 1.807) is 12.0 Å². The zero-order valence-corrected chi connectivity index (χ0v) is 24.1. The molecule has 0 aliphatic carbocycles. The molecule has 0 saturated carbocycles. The molecule has 0 bridgehead atoms. The van der Waals surface area contributed by atoms with Crippen molar-refractivity contribution >= 4 is 31.5 Å². The van der Waals surface area contributed by atoms with Gasteiger partial charge in [-0.05, 0) is 74.8 Å². The van der Waals surface area contributed by atoms with E-state index in [1.165, 1.54) is 0 Å². The second kappa shape index (κ2) is 10.7. The van der Waals surface area contributed by atoms with Crippen LogP contribution in [0.15, 0.2) is 42.5 Å². The molecule has 10 heteroatoms. The number of hydrogen-bond acceptors (Lipinski definition) is 7. The Labute approximate surface area is 230 Å². The Kier molecular flexibility index (Phi) is 7.60. The maximum Gasteiger partial charge on any atom is 0.264 e. The SMILES string of the molecule is COc1ccc2c(c1)[C@@]1(O[C@H](CCO)[C@@H]([Si](C)(C)O)[C@@H]1C)C(=O)N2Cc1cccc(NC(=O)[C@H]2CCCN2)c1. The zero-order chi connectivity index (χ0) is 27.9. The van der Waals surface area contributed by atoms with Crippen LogP contribution < -0.4 is 20.3 Å². The number of carbonyl (C=O) groups is 2. The number of hydrogen-bond donors (Lipinski definition) is 4. The van der Waals surface area contributed by atoms with Crippen molar-refractivity contribution in [3.63, 3.8) is 0 Å². The lowest BCUT2D eigenvalue weighted by atomic mass is 9.82. The van der Waals surface area contributed by atoms with E-state index >= 15 is 0 Å². The first-order valence-electron chi connectivity index (χ1n) is 13.7. The fourth-order valence-corrected chi connectivity index (χ4v) is 9.41. The van der Waals surface area contributed by atoms with Crippen molar-refractivity contribution < 1.29 is 29.0 Å². The number of rotatable bonds is 8. The number of fused-ring (bicyclic) bond motifs is 2. The topological polar surface area (TPSA) is 120 Å². The van der Waals surface area contributed by atoms with Gasteiger partial charge in [0.15, 0.2) is 13.9 Å². The average molecular weight is 554 g/mol. The molecule has 4 N–H and O–H groups in total. The van der Waals surface area contributed by atoms with E-state index in [-0.39, 0.29) is 42.5 Å². The fraction of sp³-hybridized carbons (Fsp3) is 0.517. The molecule has 3 aliphatic heterocycles. The van der Waals surface area contributed by atoms with Crippen molar-refractivity contribution in [3.05, 3.63) is 53.6 Å². The van der Waals surface area contributed by atoms with Gasteiger partial charge < -0.3 is 34.9 Å². The Morgan fingerprint density at radius 3 is 2.74 bits per heavy atom. The van der Waals surface area contributed by atoms with Gasteiger partial charge in [0.2, 0.25) is 5.91 Å². The minimum absolute atomic E-state index is 0.0526. The number of amides is 2. The molecule has 39 heavy (non-hydrogen) atoms. The van der Waals surface area contributed by atoms with Crippen LogP contribution in [-0.4, -0.2) is 62.4 Å². The largest absolute Gasteiger partial charge is 0.497 e. The van der Waals surface area contributed by atoms with Crippen LogP contribution in [0.3, 0.4) is 0 Å². The molecule has 2 aromatic carbocycles. The molecule has 0 unspecified atom stereocenters. The van der Waals surface area contributed by atoms with Gasteiger partial charge >= 0.3 is 0 Å². The summed E-state index contributed by atoms with van der Waals surface area (Å²) in [5.74, 6) is 0.0647. The first-order chi connectivity index (χ1) is 18.6. The number of ether oxygens (including phenoxy) is 2. The van der Waals surface area contributed by atoms with Crippen LogP contribution >= 0.6 is 0 Å². The lowest BCUT2D eigenvalue weighted by Gasteiger charge is -2.32. The third kappa shape index (κ3) is 4.89. The quantitative estimate of drug-likeness (QED) is 0.371. The summed E-state index contributed by atoms with van der Waals surface area (Å²) >= 11 is 0. The number of aliphatic hydroxyl groups excluding tert-OH is 1. The predicted molar refractivity (Wildman–Crippen MR) is 151 cm³/mol. The first-order valence-corrected chi connectivity index (χ1v) is 16.8. The van der Waals surface area contributed by atoms with Crippen LogP contribution in [0.1, 0.15) is 37.3 Å². The third-order valence-electron chi connectivity index (χ3n) is 8.52. The molecule has 1 spiro atoms. The molecule has 0 radical (unpaired) electrons. The molecule has 5 atom stereocenters. The molecule has 2 amide bonds. The van der Waals surface area contributed by atoms with Gasteiger partial charge in [-0.15, -0.1) is 0 Å². The standard InChI is InChI=1S/C29H39N3O6Si/c1-18-26(39(3,4)36)25(12-14-33)38-29(18)22-16-21(37-2)10-11-24(22)32(28(29)35)17-19-7-5-8-20(15-19)31-27(34)23-9-6-13-30-23/h5,7-8,10-11,15-16,18,23,25-26,30,33,36H,6,9,12-14,17H2,1-4H3,(H,31,34)/t18-,23+,25+,26-,29+/m0/s1. The Bertz CT molecular complexity index is 1240. The predicted octanol–water partition coefficient (Wildman–Crippen LogP) is 3.11. The minimum Gasteiger partial charge on any atom is -0.497 e. The van der Waals surface area contributed by atoms with E-state index in [4.69, 9.17) is 9.47 Å². The molecule has 2 saturated heterocycles. The van der Waals surface area contributed by atoms with Gasteiger partial charge in [0, 0.05) is 29.3 Å². The van der Waals surface area contributed by atoms with E-state index in [0.29, 0.717) is 17.9 Å².